The van der Waals surface area contributed by atoms with Crippen LogP contribution in [0.4, 0.5) is 0 Å². The van der Waals surface area contributed by atoms with Crippen molar-refractivity contribution in [1.82, 2.24) is 4.90 Å². The molecule has 4 heteroatoms. The Morgan fingerprint density at radius 2 is 1.64 bits per heavy atom. The zero-order valence-corrected chi connectivity index (χ0v) is 19.7. The third-order valence-corrected chi connectivity index (χ3v) is 8.26. The molecule has 3 aromatic carbocycles. The number of hydrogen-bond donors (Lipinski definition) is 1. The quantitative estimate of drug-likeness (QED) is 0.323. The van der Waals surface area contributed by atoms with Crippen LogP contribution in [0.25, 0.3) is 21.2 Å². The van der Waals surface area contributed by atoms with Crippen LogP contribution in [-0.4, -0.2) is 36.2 Å². The fourth-order valence-electron chi connectivity index (χ4n) is 5.36. The van der Waals surface area contributed by atoms with Crippen LogP contribution in [0.15, 0.2) is 60.7 Å². The van der Waals surface area contributed by atoms with E-state index in [-0.39, 0.29) is 0 Å². The molecule has 1 saturated heterocycles. The van der Waals surface area contributed by atoms with Crippen molar-refractivity contribution < 1.29 is 9.84 Å². The number of ether oxygens (including phenoxy) is 1. The monoisotopic (exact) mass is 455 g/mol. The summed E-state index contributed by atoms with van der Waals surface area (Å²) < 4.78 is 7.21. The van der Waals surface area contributed by atoms with Gasteiger partial charge in [-0.2, -0.15) is 0 Å². The first-order valence-corrected chi connectivity index (χ1v) is 12.9. The number of phenolic OH excluding ortho intramolecular Hbond substituents is 1. The first-order chi connectivity index (χ1) is 16.2. The van der Waals surface area contributed by atoms with Crippen molar-refractivity contribution >= 4 is 21.4 Å². The number of aromatic hydroxyl groups is 1. The Hall–Kier alpha value is -2.82. The minimum Gasteiger partial charge on any atom is -0.508 e. The predicted molar refractivity (Wildman–Crippen MR) is 137 cm³/mol. The normalized spacial score (nSPS) is 15.9. The molecule has 0 atom stereocenters. The van der Waals surface area contributed by atoms with Crippen LogP contribution in [0.3, 0.4) is 0 Å². The van der Waals surface area contributed by atoms with Crippen molar-refractivity contribution in [3.8, 4) is 22.6 Å². The molecule has 6 rings (SSSR count). The van der Waals surface area contributed by atoms with E-state index in [0.29, 0.717) is 5.75 Å². The molecule has 2 aliphatic rings. The SMILES string of the molecule is Oc1cc(-c2ccc(OCCN3CCCCC3)cc2)c2c3c(sc2c1)Cc1ccccc1C3. The van der Waals surface area contributed by atoms with Gasteiger partial charge in [-0.25, -0.2) is 0 Å². The zero-order chi connectivity index (χ0) is 22.2. The second-order valence-electron chi connectivity index (χ2n) is 9.27. The minimum atomic E-state index is 0.329. The van der Waals surface area contributed by atoms with Crippen molar-refractivity contribution in [3.05, 3.63) is 82.2 Å². The molecule has 4 aromatic rings. The lowest BCUT2D eigenvalue weighted by molar-refractivity contribution is 0.183. The molecule has 3 nitrogen and oxygen atoms in total. The van der Waals surface area contributed by atoms with E-state index in [1.807, 2.05) is 23.5 Å². The van der Waals surface area contributed by atoms with Gasteiger partial charge in [0.2, 0.25) is 0 Å². The van der Waals surface area contributed by atoms with Gasteiger partial charge >= 0.3 is 0 Å². The second-order valence-corrected chi connectivity index (χ2v) is 10.4. The molecule has 1 aromatic heterocycles. The van der Waals surface area contributed by atoms with Gasteiger partial charge in [0, 0.05) is 27.9 Å². The van der Waals surface area contributed by atoms with Crippen LogP contribution < -0.4 is 4.74 Å². The lowest BCUT2D eigenvalue weighted by Gasteiger charge is -2.26. The van der Waals surface area contributed by atoms with Crippen LogP contribution in [0.1, 0.15) is 40.8 Å². The highest BCUT2D eigenvalue weighted by molar-refractivity contribution is 7.19. The van der Waals surface area contributed by atoms with Gasteiger partial charge in [0.25, 0.3) is 0 Å². The largest absolute Gasteiger partial charge is 0.508 e. The van der Waals surface area contributed by atoms with Crippen LogP contribution in [-0.2, 0) is 12.8 Å². The lowest BCUT2D eigenvalue weighted by atomic mass is 9.87. The Morgan fingerprint density at radius 1 is 0.879 bits per heavy atom. The number of benzene rings is 3. The van der Waals surface area contributed by atoms with E-state index in [1.165, 1.54) is 64.0 Å². The highest BCUT2D eigenvalue weighted by Gasteiger charge is 2.22. The molecule has 0 bridgehead atoms. The summed E-state index contributed by atoms with van der Waals surface area (Å²) in [6.07, 6.45) is 5.92. The van der Waals surface area contributed by atoms with Gasteiger partial charge in [-0.15, -0.1) is 11.3 Å². The second kappa shape index (κ2) is 8.85. The molecule has 1 aliphatic heterocycles. The average molecular weight is 456 g/mol. The summed E-state index contributed by atoms with van der Waals surface area (Å²) in [6.45, 7) is 4.13. The summed E-state index contributed by atoms with van der Waals surface area (Å²) in [6, 6.07) is 21.0. The fourth-order valence-corrected chi connectivity index (χ4v) is 6.66. The summed E-state index contributed by atoms with van der Waals surface area (Å²) in [5.41, 5.74) is 6.50. The summed E-state index contributed by atoms with van der Waals surface area (Å²) in [5.74, 6) is 1.24. The molecule has 1 fully saturated rings. The molecule has 1 N–H and O–H groups in total. The van der Waals surface area contributed by atoms with Gasteiger partial charge in [0.1, 0.15) is 18.1 Å². The van der Waals surface area contributed by atoms with Gasteiger partial charge in [-0.1, -0.05) is 42.8 Å². The highest BCUT2D eigenvalue weighted by atomic mass is 32.1. The lowest BCUT2D eigenvalue weighted by Crippen LogP contribution is -2.33. The maximum Gasteiger partial charge on any atom is 0.119 e. The molecule has 0 radical (unpaired) electrons. The Morgan fingerprint density at radius 3 is 2.42 bits per heavy atom. The third-order valence-electron chi connectivity index (χ3n) is 7.09. The molecule has 0 saturated carbocycles. The zero-order valence-electron chi connectivity index (χ0n) is 18.8. The van der Waals surface area contributed by atoms with Gasteiger partial charge in [-0.3, -0.25) is 4.90 Å². The van der Waals surface area contributed by atoms with Gasteiger partial charge in [0.15, 0.2) is 0 Å². The van der Waals surface area contributed by atoms with E-state index in [0.717, 1.165) is 42.9 Å². The van der Waals surface area contributed by atoms with E-state index >= 15 is 0 Å². The van der Waals surface area contributed by atoms with Crippen molar-refractivity contribution in [2.45, 2.75) is 32.1 Å². The Balaban J connectivity index is 1.27. The van der Waals surface area contributed by atoms with Crippen molar-refractivity contribution in [1.29, 1.82) is 0 Å². The smallest absolute Gasteiger partial charge is 0.119 e. The number of fused-ring (bicyclic) bond motifs is 4. The number of phenols is 1. The first-order valence-electron chi connectivity index (χ1n) is 12.0. The summed E-state index contributed by atoms with van der Waals surface area (Å²) >= 11 is 1.82. The topological polar surface area (TPSA) is 32.7 Å². The number of thiophene rings is 1. The molecular weight excluding hydrogens is 426 g/mol. The average Bonchev–Trinajstić information content (AvgIpc) is 3.20. The van der Waals surface area contributed by atoms with Crippen LogP contribution >= 0.6 is 11.3 Å². The van der Waals surface area contributed by atoms with Crippen LogP contribution in [0, 0.1) is 0 Å². The number of rotatable bonds is 5. The third kappa shape index (κ3) is 4.14. The Bertz CT molecular complexity index is 1290. The highest BCUT2D eigenvalue weighted by Crippen LogP contribution is 2.44. The van der Waals surface area contributed by atoms with Gasteiger partial charge < -0.3 is 9.84 Å². The predicted octanol–water partition coefficient (Wildman–Crippen LogP) is 6.63. The fraction of sp³-hybridized carbons (Fsp3) is 0.310. The molecule has 33 heavy (non-hydrogen) atoms. The maximum atomic E-state index is 10.5. The van der Waals surface area contributed by atoms with Crippen LogP contribution in [0.5, 0.6) is 11.5 Å². The summed E-state index contributed by atoms with van der Waals surface area (Å²) in [4.78, 5) is 3.92. The van der Waals surface area contributed by atoms with E-state index in [9.17, 15) is 5.11 Å². The molecule has 168 valence electrons. The first kappa shape index (κ1) is 20.8. The molecule has 1 aliphatic carbocycles. The molecule has 0 unspecified atom stereocenters. The number of likely N-dealkylation sites (tertiary alicyclic amines) is 1. The number of nitrogens with zero attached hydrogens (tertiary/aromatic N) is 1. The van der Waals surface area contributed by atoms with E-state index < -0.39 is 0 Å². The Labute approximate surface area is 199 Å². The van der Waals surface area contributed by atoms with Gasteiger partial charge in [-0.05, 0) is 84.4 Å². The molecule has 2 heterocycles. The van der Waals surface area contributed by atoms with Gasteiger partial charge in [0.05, 0.1) is 0 Å². The molecular formula is C29H29NO2S. The summed E-state index contributed by atoms with van der Waals surface area (Å²) in [5, 5.41) is 11.8. The van der Waals surface area contributed by atoms with Crippen molar-refractivity contribution in [2.75, 3.05) is 26.2 Å². The minimum absolute atomic E-state index is 0.329. The van der Waals surface area contributed by atoms with Crippen molar-refractivity contribution in [3.63, 3.8) is 0 Å². The summed E-state index contributed by atoms with van der Waals surface area (Å²) in [7, 11) is 0. The maximum absolute atomic E-state index is 10.5. The standard InChI is InChI=1S/C29H29NO2S/c31-23-18-25(20-8-10-24(11-9-20)32-15-14-30-12-4-1-5-13-30)29-26-16-21-6-2-3-7-22(21)17-27(26)33-28(29)19-23/h2-3,6-11,18-19,31H,1,4-5,12-17H2. The van der Waals surface area contributed by atoms with E-state index in [4.69, 9.17) is 4.74 Å². The number of piperidine rings is 1. The number of hydrogen-bond acceptors (Lipinski definition) is 4. The van der Waals surface area contributed by atoms with E-state index in [2.05, 4.69) is 53.4 Å². The van der Waals surface area contributed by atoms with E-state index in [1.54, 1.807) is 0 Å². The Kier molecular flexibility index (Phi) is 5.57. The van der Waals surface area contributed by atoms with Crippen LogP contribution in [0.2, 0.25) is 0 Å². The van der Waals surface area contributed by atoms with Crippen molar-refractivity contribution in [2.24, 2.45) is 0 Å². The molecule has 0 amide bonds. The molecule has 0 spiro atoms.